The molecule has 0 radical (unpaired) electrons. The van der Waals surface area contributed by atoms with Gasteiger partial charge in [-0.1, -0.05) is 82.7 Å². The van der Waals surface area contributed by atoms with E-state index in [0.717, 1.165) is 31.2 Å². The minimum Gasteiger partial charge on any atom is -0.726 e. The van der Waals surface area contributed by atoms with Crippen LogP contribution in [0.1, 0.15) is 76.8 Å². The number of rotatable bonds is 16. The van der Waals surface area contributed by atoms with Crippen molar-refractivity contribution in [3.63, 3.8) is 0 Å². The third kappa shape index (κ3) is 15.2. The number of hydrogen-bond acceptors (Lipinski definition) is 8. The van der Waals surface area contributed by atoms with E-state index >= 15 is 0 Å². The Balaban J connectivity index is 0.000000448. The van der Waals surface area contributed by atoms with E-state index < -0.39 is 28.4 Å². The normalized spacial score (nSPS) is 11.8. The molecule has 0 saturated carbocycles. The molecule has 2 aromatic rings. The molecular weight excluding hydrogens is 500 g/mol. The molecule has 10 nitrogen and oxygen atoms in total. The Hall–Kier alpha value is -2.76. The van der Waals surface area contributed by atoms with Crippen molar-refractivity contribution in [2.24, 2.45) is 7.05 Å². The van der Waals surface area contributed by atoms with E-state index in [-0.39, 0.29) is 13.2 Å². The van der Waals surface area contributed by atoms with Crippen LogP contribution in [0, 0.1) is 0 Å². The van der Waals surface area contributed by atoms with E-state index in [1.54, 1.807) is 23.3 Å². The molecule has 37 heavy (non-hydrogen) atoms. The highest BCUT2D eigenvalue weighted by Gasteiger charge is 2.36. The molecule has 2 rings (SSSR count). The van der Waals surface area contributed by atoms with E-state index in [2.05, 4.69) is 11.1 Å². The lowest BCUT2D eigenvalue weighted by atomic mass is 10.1. The van der Waals surface area contributed by atoms with Gasteiger partial charge in [0.15, 0.2) is 0 Å². The summed E-state index contributed by atoms with van der Waals surface area (Å²) in [6.07, 6.45) is 12.9. The largest absolute Gasteiger partial charge is 0.726 e. The third-order valence-corrected chi connectivity index (χ3v) is 5.68. The van der Waals surface area contributed by atoms with Crippen LogP contribution in [0.2, 0.25) is 0 Å². The molecule has 11 heteroatoms. The highest BCUT2D eigenvalue weighted by atomic mass is 32.3. The second kappa shape index (κ2) is 18.5. The highest BCUT2D eigenvalue weighted by molar-refractivity contribution is 7.80. The molecule has 1 atom stereocenters. The van der Waals surface area contributed by atoms with Crippen LogP contribution in [0.3, 0.4) is 0 Å². The van der Waals surface area contributed by atoms with Gasteiger partial charge in [0.2, 0.25) is 16.7 Å². The molecule has 1 aromatic carbocycles. The number of unbranched alkanes of at least 4 members (excludes halogenated alkanes) is 6. The summed E-state index contributed by atoms with van der Waals surface area (Å²) in [7, 11) is -2.66. The Morgan fingerprint density at radius 1 is 0.919 bits per heavy atom. The summed E-state index contributed by atoms with van der Waals surface area (Å²) in [6, 6.07) is 8.21. The fourth-order valence-corrected chi connectivity index (χ4v) is 3.53. The van der Waals surface area contributed by atoms with Gasteiger partial charge in [-0.25, -0.2) is 27.1 Å². The molecule has 0 aliphatic heterocycles. The second-order valence-electron chi connectivity index (χ2n) is 8.54. The Morgan fingerprint density at radius 2 is 1.54 bits per heavy atom. The topological polar surface area (TPSA) is 128 Å². The van der Waals surface area contributed by atoms with Crippen molar-refractivity contribution in [3.8, 4) is 0 Å². The summed E-state index contributed by atoms with van der Waals surface area (Å²) in [6.45, 7) is 4.58. The molecule has 1 aromatic heterocycles. The van der Waals surface area contributed by atoms with Crippen LogP contribution in [0.4, 0.5) is 0 Å². The maximum absolute atomic E-state index is 12.4. The van der Waals surface area contributed by atoms with Gasteiger partial charge >= 0.3 is 11.9 Å². The SMILES string of the molecule is CCCCCCCCOS(=O)(=O)[O-].CCCCOC(=O)C(C(=O)OCc1ccccc1)[n+]1ccn(C)c1. The van der Waals surface area contributed by atoms with Crippen LogP contribution >= 0.6 is 0 Å². The van der Waals surface area contributed by atoms with Crippen LogP contribution in [-0.4, -0.2) is 42.7 Å². The van der Waals surface area contributed by atoms with Gasteiger partial charge in [-0.15, -0.1) is 0 Å². The molecule has 1 heterocycles. The summed E-state index contributed by atoms with van der Waals surface area (Å²) in [5.74, 6) is -1.23. The van der Waals surface area contributed by atoms with Gasteiger partial charge in [0.25, 0.3) is 6.04 Å². The van der Waals surface area contributed by atoms with Crippen LogP contribution in [-0.2, 0) is 47.3 Å². The molecule has 0 aliphatic rings. The number of esters is 2. The molecular formula is C26H40N2O8S. The molecule has 208 valence electrons. The van der Waals surface area contributed by atoms with Crippen LogP contribution in [0.15, 0.2) is 49.1 Å². The number of aromatic nitrogens is 2. The zero-order valence-corrected chi connectivity index (χ0v) is 22.9. The van der Waals surface area contributed by atoms with Crippen molar-refractivity contribution in [2.75, 3.05) is 13.2 Å². The molecule has 1 unspecified atom stereocenters. The van der Waals surface area contributed by atoms with Crippen LogP contribution in [0.25, 0.3) is 0 Å². The molecule has 0 saturated heterocycles. The summed E-state index contributed by atoms with van der Waals surface area (Å²) in [5, 5.41) is 0. The minimum atomic E-state index is -4.47. The highest BCUT2D eigenvalue weighted by Crippen LogP contribution is 2.09. The first kappa shape index (κ1) is 32.3. The second-order valence-corrected chi connectivity index (χ2v) is 9.59. The van der Waals surface area contributed by atoms with Gasteiger partial charge in [0.05, 0.1) is 20.3 Å². The Kier molecular flexibility index (Phi) is 16.1. The number of aryl methyl sites for hydroxylation is 1. The lowest BCUT2D eigenvalue weighted by Gasteiger charge is -2.13. The number of imidazole rings is 1. The lowest BCUT2D eigenvalue weighted by molar-refractivity contribution is -0.699. The number of carbonyl (C=O) groups is 2. The summed E-state index contributed by atoms with van der Waals surface area (Å²) < 4.78 is 47.8. The third-order valence-electron chi connectivity index (χ3n) is 5.23. The Bertz CT molecular complexity index is 1010. The first-order chi connectivity index (χ1) is 17.7. The molecule has 0 bridgehead atoms. The maximum Gasteiger partial charge on any atom is 0.364 e. The molecule has 0 fully saturated rings. The minimum absolute atomic E-state index is 0.0258. The van der Waals surface area contributed by atoms with Crippen LogP contribution < -0.4 is 4.57 Å². The first-order valence-electron chi connectivity index (χ1n) is 12.7. The van der Waals surface area contributed by atoms with Crippen molar-refractivity contribution in [1.82, 2.24) is 4.57 Å². The number of benzene rings is 1. The predicted molar refractivity (Wildman–Crippen MR) is 136 cm³/mol. The average Bonchev–Trinajstić information content (AvgIpc) is 3.28. The number of ether oxygens (including phenoxy) is 2. The lowest BCUT2D eigenvalue weighted by Crippen LogP contribution is -2.48. The monoisotopic (exact) mass is 540 g/mol. The summed E-state index contributed by atoms with van der Waals surface area (Å²) in [4.78, 5) is 24.8. The van der Waals surface area contributed by atoms with Gasteiger partial charge in [-0.05, 0) is 18.4 Å². The quantitative estimate of drug-likeness (QED) is 0.0786. The predicted octanol–water partition coefficient (Wildman–Crippen LogP) is 3.76. The number of nitrogens with zero attached hydrogens (tertiary/aromatic N) is 2. The zero-order valence-electron chi connectivity index (χ0n) is 22.0. The molecule has 0 spiro atoms. The number of hydrogen-bond donors (Lipinski definition) is 0. The smallest absolute Gasteiger partial charge is 0.364 e. The standard InChI is InChI=1S/C18H23N2O4.C8H18O4S/c1-3-4-12-23-17(21)16(20-11-10-19(2)14-20)18(22)24-13-15-8-6-5-7-9-15;1-2-3-4-5-6-7-8-12-13(9,10)11/h5-11,14,16H,3-4,12-13H2,1-2H3;2-8H2,1H3,(H,9,10,11)/q+1;/p-1. The van der Waals surface area contributed by atoms with E-state index in [1.807, 2.05) is 44.3 Å². The van der Waals surface area contributed by atoms with E-state index in [9.17, 15) is 22.6 Å². The molecule has 0 N–H and O–H groups in total. The van der Waals surface area contributed by atoms with Crippen molar-refractivity contribution < 1.29 is 40.8 Å². The maximum atomic E-state index is 12.4. The fourth-order valence-electron chi connectivity index (χ4n) is 3.21. The van der Waals surface area contributed by atoms with Gasteiger partial charge in [0.1, 0.15) is 19.0 Å². The van der Waals surface area contributed by atoms with E-state index in [1.165, 1.54) is 23.8 Å². The van der Waals surface area contributed by atoms with Crippen LogP contribution in [0.5, 0.6) is 0 Å². The number of carbonyl (C=O) groups excluding carboxylic acids is 2. The van der Waals surface area contributed by atoms with Gasteiger partial charge in [-0.2, -0.15) is 0 Å². The Morgan fingerprint density at radius 3 is 2.14 bits per heavy atom. The summed E-state index contributed by atoms with van der Waals surface area (Å²) >= 11 is 0. The first-order valence-corrected chi connectivity index (χ1v) is 14.0. The zero-order chi connectivity index (χ0) is 27.5. The molecule has 0 amide bonds. The van der Waals surface area contributed by atoms with E-state index in [4.69, 9.17) is 9.47 Å². The van der Waals surface area contributed by atoms with Crippen molar-refractivity contribution in [1.29, 1.82) is 0 Å². The fraction of sp³-hybridized carbons (Fsp3) is 0.577. The van der Waals surface area contributed by atoms with Gasteiger partial charge < -0.3 is 14.0 Å². The summed E-state index contributed by atoms with van der Waals surface area (Å²) in [5.41, 5.74) is 0.863. The van der Waals surface area contributed by atoms with E-state index in [0.29, 0.717) is 13.0 Å². The molecule has 0 aliphatic carbocycles. The average molecular weight is 541 g/mol. The van der Waals surface area contributed by atoms with Crippen molar-refractivity contribution >= 4 is 22.3 Å². The van der Waals surface area contributed by atoms with Crippen molar-refractivity contribution in [2.45, 2.75) is 77.9 Å². The van der Waals surface area contributed by atoms with Crippen molar-refractivity contribution in [3.05, 3.63) is 54.6 Å². The van der Waals surface area contributed by atoms with Gasteiger partial charge in [-0.3, -0.25) is 4.18 Å². The Labute approximate surface area is 220 Å². The van der Waals surface area contributed by atoms with Gasteiger partial charge in [0, 0.05) is 0 Å².